The first kappa shape index (κ1) is 6.10. The first-order valence-corrected chi connectivity index (χ1v) is 2.81. The second kappa shape index (κ2) is 2.50. The standard InChI is InChI=1S/C5H10N4/c6-2-1-5-3-8-4-9(5)7/h3-4H,1-2,6-7H2. The minimum absolute atomic E-state index is 0.614. The van der Waals surface area contributed by atoms with Crippen molar-refractivity contribution in [2.45, 2.75) is 6.42 Å². The topological polar surface area (TPSA) is 69.9 Å². The molecule has 50 valence electrons. The maximum Gasteiger partial charge on any atom is 0.114 e. The summed E-state index contributed by atoms with van der Waals surface area (Å²) in [6, 6.07) is 0. The van der Waals surface area contributed by atoms with Crippen LogP contribution >= 0.6 is 0 Å². The summed E-state index contributed by atoms with van der Waals surface area (Å²) in [5.74, 6) is 5.43. The van der Waals surface area contributed by atoms with E-state index in [9.17, 15) is 0 Å². The molecule has 0 bridgehead atoms. The number of nitrogen functional groups attached to an aromatic ring is 1. The Hall–Kier alpha value is -1.03. The molecule has 0 radical (unpaired) electrons. The monoisotopic (exact) mass is 126 g/mol. The van der Waals surface area contributed by atoms with Crippen LogP contribution in [0.15, 0.2) is 12.5 Å². The van der Waals surface area contributed by atoms with Crippen molar-refractivity contribution >= 4 is 0 Å². The van der Waals surface area contributed by atoms with Gasteiger partial charge in [0.2, 0.25) is 0 Å². The molecule has 0 aromatic carbocycles. The number of nitrogens with zero attached hydrogens (tertiary/aromatic N) is 2. The fraction of sp³-hybridized carbons (Fsp3) is 0.400. The summed E-state index contributed by atoms with van der Waals surface area (Å²) in [7, 11) is 0. The maximum atomic E-state index is 5.43. The molecule has 9 heavy (non-hydrogen) atoms. The molecular formula is C5H10N4. The Morgan fingerprint density at radius 2 is 2.44 bits per heavy atom. The molecule has 0 saturated heterocycles. The summed E-state index contributed by atoms with van der Waals surface area (Å²) >= 11 is 0. The first-order valence-electron chi connectivity index (χ1n) is 2.81. The second-order valence-electron chi connectivity index (χ2n) is 1.83. The van der Waals surface area contributed by atoms with Crippen LogP contribution in [0.25, 0.3) is 0 Å². The molecule has 4 N–H and O–H groups in total. The van der Waals surface area contributed by atoms with Crippen molar-refractivity contribution in [3.63, 3.8) is 0 Å². The van der Waals surface area contributed by atoms with Gasteiger partial charge < -0.3 is 11.6 Å². The van der Waals surface area contributed by atoms with Gasteiger partial charge in [0.05, 0.1) is 11.9 Å². The average Bonchev–Trinajstić information content (AvgIpc) is 2.18. The Kier molecular flexibility index (Phi) is 1.69. The fourth-order valence-electron chi connectivity index (χ4n) is 0.674. The Labute approximate surface area is 53.4 Å². The van der Waals surface area contributed by atoms with Gasteiger partial charge in [-0.05, 0) is 6.54 Å². The predicted octanol–water partition coefficient (Wildman–Crippen LogP) is -0.902. The van der Waals surface area contributed by atoms with Crippen LogP contribution in [-0.2, 0) is 6.42 Å². The van der Waals surface area contributed by atoms with Gasteiger partial charge in [-0.2, -0.15) is 0 Å². The normalized spacial score (nSPS) is 9.89. The molecule has 0 spiro atoms. The number of hydrogen-bond donors (Lipinski definition) is 2. The Balaban J connectivity index is 2.69. The first-order chi connectivity index (χ1) is 4.34. The van der Waals surface area contributed by atoms with Gasteiger partial charge in [0.25, 0.3) is 0 Å². The molecule has 0 fully saturated rings. The van der Waals surface area contributed by atoms with Crippen molar-refractivity contribution < 1.29 is 0 Å². The van der Waals surface area contributed by atoms with Gasteiger partial charge in [0, 0.05) is 6.42 Å². The highest BCUT2D eigenvalue weighted by Crippen LogP contribution is 1.92. The van der Waals surface area contributed by atoms with Crippen molar-refractivity contribution in [2.24, 2.45) is 5.73 Å². The third-order valence-electron chi connectivity index (χ3n) is 1.15. The Morgan fingerprint density at radius 1 is 1.67 bits per heavy atom. The summed E-state index contributed by atoms with van der Waals surface area (Å²) in [6.45, 7) is 0.614. The van der Waals surface area contributed by atoms with Crippen molar-refractivity contribution in [2.75, 3.05) is 12.4 Å². The summed E-state index contributed by atoms with van der Waals surface area (Å²) in [5.41, 5.74) is 6.26. The fourth-order valence-corrected chi connectivity index (χ4v) is 0.674. The molecule has 4 heteroatoms. The summed E-state index contributed by atoms with van der Waals surface area (Å²) in [5, 5.41) is 0. The Morgan fingerprint density at radius 3 is 2.89 bits per heavy atom. The zero-order chi connectivity index (χ0) is 6.69. The highest BCUT2D eigenvalue weighted by molar-refractivity contribution is 4.98. The van der Waals surface area contributed by atoms with Crippen molar-refractivity contribution in [3.05, 3.63) is 18.2 Å². The van der Waals surface area contributed by atoms with E-state index in [-0.39, 0.29) is 0 Å². The molecule has 1 rings (SSSR count). The zero-order valence-electron chi connectivity index (χ0n) is 5.12. The third kappa shape index (κ3) is 1.20. The summed E-state index contributed by atoms with van der Waals surface area (Å²) < 4.78 is 1.48. The number of rotatable bonds is 2. The molecule has 1 aromatic heterocycles. The molecule has 1 aromatic rings. The van der Waals surface area contributed by atoms with Crippen LogP contribution < -0.4 is 11.6 Å². The van der Waals surface area contributed by atoms with Crippen molar-refractivity contribution in [1.82, 2.24) is 9.66 Å². The van der Waals surface area contributed by atoms with Gasteiger partial charge in [-0.15, -0.1) is 0 Å². The molecule has 4 nitrogen and oxygen atoms in total. The van der Waals surface area contributed by atoms with Crippen LogP contribution in [0.1, 0.15) is 5.69 Å². The lowest BCUT2D eigenvalue weighted by Gasteiger charge is -1.96. The molecule has 0 atom stereocenters. The minimum atomic E-state index is 0.614. The van der Waals surface area contributed by atoms with E-state index in [1.54, 1.807) is 12.5 Å². The number of hydrogen-bond acceptors (Lipinski definition) is 3. The van der Waals surface area contributed by atoms with Gasteiger partial charge in [-0.1, -0.05) is 0 Å². The van der Waals surface area contributed by atoms with E-state index in [1.807, 2.05) is 0 Å². The third-order valence-corrected chi connectivity index (χ3v) is 1.15. The van der Waals surface area contributed by atoms with Crippen LogP contribution in [0, 0.1) is 0 Å². The maximum absolute atomic E-state index is 5.43. The average molecular weight is 126 g/mol. The number of aromatic nitrogens is 2. The van der Waals surface area contributed by atoms with Gasteiger partial charge in [0.15, 0.2) is 0 Å². The summed E-state index contributed by atoms with van der Waals surface area (Å²) in [4.78, 5) is 3.82. The van der Waals surface area contributed by atoms with Crippen LogP contribution in [-0.4, -0.2) is 16.2 Å². The van der Waals surface area contributed by atoms with E-state index < -0.39 is 0 Å². The van der Waals surface area contributed by atoms with Gasteiger partial charge in [-0.3, -0.25) is 4.68 Å². The molecule has 0 amide bonds. The van der Waals surface area contributed by atoms with E-state index in [0.29, 0.717) is 6.54 Å². The van der Waals surface area contributed by atoms with Gasteiger partial charge in [-0.25, -0.2) is 4.98 Å². The molecule has 0 aliphatic carbocycles. The number of nitrogens with two attached hydrogens (primary N) is 2. The summed E-state index contributed by atoms with van der Waals surface area (Å²) in [6.07, 6.45) is 4.06. The molecule has 0 aliphatic rings. The largest absolute Gasteiger partial charge is 0.338 e. The molecule has 0 aliphatic heterocycles. The van der Waals surface area contributed by atoms with Crippen LogP contribution in [0.2, 0.25) is 0 Å². The Bertz CT molecular complexity index is 181. The highest BCUT2D eigenvalue weighted by atomic mass is 15.3. The van der Waals surface area contributed by atoms with E-state index in [2.05, 4.69) is 4.98 Å². The van der Waals surface area contributed by atoms with E-state index in [1.165, 1.54) is 4.68 Å². The van der Waals surface area contributed by atoms with E-state index in [4.69, 9.17) is 11.6 Å². The predicted molar refractivity (Wildman–Crippen MR) is 35.1 cm³/mol. The lowest BCUT2D eigenvalue weighted by Crippen LogP contribution is -2.13. The smallest absolute Gasteiger partial charge is 0.114 e. The van der Waals surface area contributed by atoms with E-state index in [0.717, 1.165) is 12.1 Å². The van der Waals surface area contributed by atoms with Crippen LogP contribution in [0.3, 0.4) is 0 Å². The minimum Gasteiger partial charge on any atom is -0.338 e. The quantitative estimate of drug-likeness (QED) is 0.504. The highest BCUT2D eigenvalue weighted by Gasteiger charge is 1.94. The SMILES string of the molecule is NCCc1cncn1N. The number of imidazole rings is 1. The van der Waals surface area contributed by atoms with Crippen LogP contribution in [0.4, 0.5) is 0 Å². The van der Waals surface area contributed by atoms with Crippen molar-refractivity contribution in [3.8, 4) is 0 Å². The molecule has 0 unspecified atom stereocenters. The van der Waals surface area contributed by atoms with Crippen molar-refractivity contribution in [1.29, 1.82) is 0 Å². The molecule has 1 heterocycles. The molecular weight excluding hydrogens is 116 g/mol. The lowest BCUT2D eigenvalue weighted by molar-refractivity contribution is 0.848. The van der Waals surface area contributed by atoms with Crippen LogP contribution in [0.5, 0.6) is 0 Å². The lowest BCUT2D eigenvalue weighted by atomic mass is 10.3. The van der Waals surface area contributed by atoms with Gasteiger partial charge in [0.1, 0.15) is 6.33 Å². The zero-order valence-corrected chi connectivity index (χ0v) is 5.12. The van der Waals surface area contributed by atoms with Gasteiger partial charge >= 0.3 is 0 Å². The second-order valence-corrected chi connectivity index (χ2v) is 1.83. The van der Waals surface area contributed by atoms with E-state index >= 15 is 0 Å². The molecule has 0 saturated carbocycles.